The number of ether oxygens (including phenoxy) is 3. The second-order valence-corrected chi connectivity index (χ2v) is 4.66. The highest BCUT2D eigenvalue weighted by atomic mass is 16.7. The standard InChI is InChI=1S/C12H21NO4/c1-15-11(14)4-7-13-10-2-5-12(6-3-10)16-8-9-17-12/h10,13H,2-9H2,1H3. The van der Waals surface area contributed by atoms with Crippen LogP contribution in [0.25, 0.3) is 0 Å². The van der Waals surface area contributed by atoms with Crippen molar-refractivity contribution < 1.29 is 19.0 Å². The fourth-order valence-corrected chi connectivity index (χ4v) is 2.53. The van der Waals surface area contributed by atoms with Gasteiger partial charge in [-0.05, 0) is 12.8 Å². The smallest absolute Gasteiger partial charge is 0.306 e. The quantitative estimate of drug-likeness (QED) is 0.741. The summed E-state index contributed by atoms with van der Waals surface area (Å²) in [5.74, 6) is -0.451. The molecule has 1 saturated carbocycles. The Morgan fingerprint density at radius 2 is 2.00 bits per heavy atom. The number of hydrogen-bond donors (Lipinski definition) is 1. The average Bonchev–Trinajstić information content (AvgIpc) is 2.80. The van der Waals surface area contributed by atoms with Crippen LogP contribution in [0.2, 0.25) is 0 Å². The molecule has 0 aromatic rings. The first-order valence-corrected chi connectivity index (χ1v) is 6.32. The molecule has 0 atom stereocenters. The number of carbonyl (C=O) groups is 1. The molecule has 1 saturated heterocycles. The van der Waals surface area contributed by atoms with Crippen molar-refractivity contribution >= 4 is 5.97 Å². The molecule has 2 fully saturated rings. The second kappa shape index (κ2) is 5.80. The van der Waals surface area contributed by atoms with E-state index in [2.05, 4.69) is 10.1 Å². The van der Waals surface area contributed by atoms with Crippen LogP contribution in [0.15, 0.2) is 0 Å². The molecule has 17 heavy (non-hydrogen) atoms. The summed E-state index contributed by atoms with van der Waals surface area (Å²) in [5, 5.41) is 3.38. The van der Waals surface area contributed by atoms with Gasteiger partial charge in [0.2, 0.25) is 0 Å². The van der Waals surface area contributed by atoms with Gasteiger partial charge in [0.25, 0.3) is 0 Å². The van der Waals surface area contributed by atoms with Gasteiger partial charge in [-0.2, -0.15) is 0 Å². The monoisotopic (exact) mass is 243 g/mol. The molecule has 0 aromatic heterocycles. The molecule has 0 aromatic carbocycles. The number of hydrogen-bond acceptors (Lipinski definition) is 5. The van der Waals surface area contributed by atoms with Crippen LogP contribution in [0.5, 0.6) is 0 Å². The minimum absolute atomic E-state index is 0.160. The third kappa shape index (κ3) is 3.40. The van der Waals surface area contributed by atoms with E-state index in [0.717, 1.165) is 38.9 Å². The molecular weight excluding hydrogens is 222 g/mol. The van der Waals surface area contributed by atoms with Crippen LogP contribution >= 0.6 is 0 Å². The van der Waals surface area contributed by atoms with E-state index in [4.69, 9.17) is 9.47 Å². The lowest BCUT2D eigenvalue weighted by Gasteiger charge is -2.35. The molecule has 5 heteroatoms. The van der Waals surface area contributed by atoms with Gasteiger partial charge in [0.1, 0.15) is 0 Å². The van der Waals surface area contributed by atoms with Crippen LogP contribution in [-0.4, -0.2) is 44.7 Å². The van der Waals surface area contributed by atoms with E-state index < -0.39 is 0 Å². The van der Waals surface area contributed by atoms with Crippen LogP contribution < -0.4 is 5.32 Å². The molecule has 1 spiro atoms. The first-order chi connectivity index (χ1) is 8.24. The number of carbonyl (C=O) groups excluding carboxylic acids is 1. The van der Waals surface area contributed by atoms with Gasteiger partial charge in [-0.15, -0.1) is 0 Å². The second-order valence-electron chi connectivity index (χ2n) is 4.66. The summed E-state index contributed by atoms with van der Waals surface area (Å²) in [6.45, 7) is 2.13. The minimum atomic E-state index is -0.291. The fraction of sp³-hybridized carbons (Fsp3) is 0.917. The van der Waals surface area contributed by atoms with Crippen molar-refractivity contribution in [2.45, 2.75) is 43.9 Å². The molecule has 1 aliphatic carbocycles. The zero-order valence-electron chi connectivity index (χ0n) is 10.4. The van der Waals surface area contributed by atoms with Gasteiger partial charge in [-0.1, -0.05) is 0 Å². The van der Waals surface area contributed by atoms with Gasteiger partial charge in [-0.3, -0.25) is 4.79 Å². The zero-order valence-corrected chi connectivity index (χ0v) is 10.4. The van der Waals surface area contributed by atoms with Crippen molar-refractivity contribution in [3.8, 4) is 0 Å². The van der Waals surface area contributed by atoms with E-state index >= 15 is 0 Å². The van der Waals surface area contributed by atoms with Crippen LogP contribution in [0.1, 0.15) is 32.1 Å². The van der Waals surface area contributed by atoms with Crippen molar-refractivity contribution in [1.82, 2.24) is 5.32 Å². The molecule has 5 nitrogen and oxygen atoms in total. The molecule has 0 radical (unpaired) electrons. The maximum Gasteiger partial charge on any atom is 0.306 e. The van der Waals surface area contributed by atoms with Gasteiger partial charge < -0.3 is 19.5 Å². The van der Waals surface area contributed by atoms with E-state index in [-0.39, 0.29) is 11.8 Å². The number of esters is 1. The third-order valence-electron chi connectivity index (χ3n) is 3.55. The SMILES string of the molecule is COC(=O)CCNC1CCC2(CC1)OCCO2. The van der Waals surface area contributed by atoms with Crippen molar-refractivity contribution in [1.29, 1.82) is 0 Å². The first kappa shape index (κ1) is 12.8. The summed E-state index contributed by atoms with van der Waals surface area (Å²) in [6.07, 6.45) is 4.42. The number of methoxy groups -OCH3 is 1. The molecular formula is C12H21NO4. The topological polar surface area (TPSA) is 56.8 Å². The first-order valence-electron chi connectivity index (χ1n) is 6.32. The lowest BCUT2D eigenvalue weighted by atomic mass is 9.90. The summed E-state index contributed by atoms with van der Waals surface area (Å²) in [4.78, 5) is 11.0. The fourth-order valence-electron chi connectivity index (χ4n) is 2.53. The minimum Gasteiger partial charge on any atom is -0.469 e. The Kier molecular flexibility index (Phi) is 4.36. The third-order valence-corrected chi connectivity index (χ3v) is 3.55. The molecule has 0 amide bonds. The Bertz CT molecular complexity index is 253. The van der Waals surface area contributed by atoms with Gasteiger partial charge in [0.15, 0.2) is 5.79 Å². The van der Waals surface area contributed by atoms with Crippen LogP contribution in [0.4, 0.5) is 0 Å². The van der Waals surface area contributed by atoms with Gasteiger partial charge in [-0.25, -0.2) is 0 Å². The van der Waals surface area contributed by atoms with E-state index in [1.807, 2.05) is 0 Å². The van der Waals surface area contributed by atoms with E-state index in [1.165, 1.54) is 7.11 Å². The van der Waals surface area contributed by atoms with E-state index in [1.54, 1.807) is 0 Å². The highest BCUT2D eigenvalue weighted by Crippen LogP contribution is 2.35. The Balaban J connectivity index is 1.63. The molecule has 1 N–H and O–H groups in total. The Morgan fingerprint density at radius 1 is 1.35 bits per heavy atom. The average molecular weight is 243 g/mol. The maximum atomic E-state index is 11.0. The molecule has 98 valence electrons. The van der Waals surface area contributed by atoms with Crippen LogP contribution in [-0.2, 0) is 19.0 Å². The van der Waals surface area contributed by atoms with Gasteiger partial charge in [0.05, 0.1) is 26.7 Å². The summed E-state index contributed by atoms with van der Waals surface area (Å²) in [6, 6.07) is 0.470. The van der Waals surface area contributed by atoms with E-state index in [0.29, 0.717) is 19.0 Å². The number of nitrogens with one attached hydrogen (secondary N) is 1. The largest absolute Gasteiger partial charge is 0.469 e. The Labute approximate surface area is 102 Å². The van der Waals surface area contributed by atoms with Crippen molar-refractivity contribution in [3.63, 3.8) is 0 Å². The van der Waals surface area contributed by atoms with Crippen LogP contribution in [0.3, 0.4) is 0 Å². The molecule has 2 rings (SSSR count). The van der Waals surface area contributed by atoms with Gasteiger partial charge >= 0.3 is 5.97 Å². The van der Waals surface area contributed by atoms with Crippen LogP contribution in [0, 0.1) is 0 Å². The normalized spacial score (nSPS) is 24.1. The molecule has 1 heterocycles. The highest BCUT2D eigenvalue weighted by Gasteiger charge is 2.40. The van der Waals surface area contributed by atoms with Gasteiger partial charge in [0, 0.05) is 25.4 Å². The zero-order chi connectivity index (χ0) is 12.1. The van der Waals surface area contributed by atoms with Crippen molar-refractivity contribution in [2.24, 2.45) is 0 Å². The van der Waals surface area contributed by atoms with E-state index in [9.17, 15) is 4.79 Å². The summed E-state index contributed by atoms with van der Waals surface area (Å²) in [5.41, 5.74) is 0. The molecule has 0 bridgehead atoms. The maximum absolute atomic E-state index is 11.0. The predicted octanol–water partition coefficient (Wildman–Crippen LogP) is 0.825. The lowest BCUT2D eigenvalue weighted by molar-refractivity contribution is -0.179. The molecule has 2 aliphatic rings. The predicted molar refractivity (Wildman–Crippen MR) is 61.5 cm³/mol. The molecule has 0 unspecified atom stereocenters. The molecule has 1 aliphatic heterocycles. The van der Waals surface area contributed by atoms with Crippen molar-refractivity contribution in [2.75, 3.05) is 26.9 Å². The summed E-state index contributed by atoms with van der Waals surface area (Å²) < 4.78 is 15.9. The lowest BCUT2D eigenvalue weighted by Crippen LogP contribution is -2.42. The Hall–Kier alpha value is -0.650. The van der Waals surface area contributed by atoms with Crippen molar-refractivity contribution in [3.05, 3.63) is 0 Å². The number of rotatable bonds is 4. The Morgan fingerprint density at radius 3 is 2.59 bits per heavy atom. The summed E-state index contributed by atoms with van der Waals surface area (Å²) in [7, 11) is 1.42. The highest BCUT2D eigenvalue weighted by molar-refractivity contribution is 5.69. The summed E-state index contributed by atoms with van der Waals surface area (Å²) >= 11 is 0.